The summed E-state index contributed by atoms with van der Waals surface area (Å²) in [5, 5.41) is 4.26. The van der Waals surface area contributed by atoms with E-state index in [1.807, 2.05) is 30.3 Å². The molecule has 5 heteroatoms. The van der Waals surface area contributed by atoms with Crippen molar-refractivity contribution in [3.8, 4) is 11.7 Å². The number of aromatic nitrogens is 3. The Kier molecular flexibility index (Phi) is 5.02. The standard InChI is InChI=1S/C13H16ClN3O/c14-9-5-2-6-10-18-13-15-11-17(16-13)12-7-3-1-4-8-12/h1,3-4,7-8,11H,2,5-6,9-10H2. The summed E-state index contributed by atoms with van der Waals surface area (Å²) >= 11 is 5.60. The van der Waals surface area contributed by atoms with Crippen molar-refractivity contribution >= 4 is 11.6 Å². The van der Waals surface area contributed by atoms with Crippen molar-refractivity contribution in [2.75, 3.05) is 12.5 Å². The van der Waals surface area contributed by atoms with Gasteiger partial charge in [-0.1, -0.05) is 18.2 Å². The number of hydrogen-bond acceptors (Lipinski definition) is 3. The Labute approximate surface area is 112 Å². The quantitative estimate of drug-likeness (QED) is 0.571. The summed E-state index contributed by atoms with van der Waals surface area (Å²) in [5.41, 5.74) is 0.974. The first-order valence-corrected chi connectivity index (χ1v) is 6.59. The van der Waals surface area contributed by atoms with Crippen LogP contribution < -0.4 is 4.74 Å². The Bertz CT molecular complexity index is 458. The predicted octanol–water partition coefficient (Wildman–Crippen LogP) is 3.06. The van der Waals surface area contributed by atoms with Crippen LogP contribution in [0, 0.1) is 0 Å². The van der Waals surface area contributed by atoms with Gasteiger partial charge in [0.05, 0.1) is 12.3 Å². The number of hydrogen-bond donors (Lipinski definition) is 0. The molecule has 0 N–H and O–H groups in total. The van der Waals surface area contributed by atoms with Crippen LogP contribution in [-0.2, 0) is 0 Å². The van der Waals surface area contributed by atoms with Crippen LogP contribution in [0.2, 0.25) is 0 Å². The average Bonchev–Trinajstić information content (AvgIpc) is 2.88. The van der Waals surface area contributed by atoms with Gasteiger partial charge in [-0.05, 0) is 31.4 Å². The molecule has 0 unspecified atom stereocenters. The lowest BCUT2D eigenvalue weighted by molar-refractivity contribution is 0.283. The number of halogens is 1. The molecule has 1 aromatic heterocycles. The van der Waals surface area contributed by atoms with Crippen LogP contribution in [0.3, 0.4) is 0 Å². The van der Waals surface area contributed by atoms with E-state index < -0.39 is 0 Å². The summed E-state index contributed by atoms with van der Waals surface area (Å²) in [5.74, 6) is 0.709. The lowest BCUT2D eigenvalue weighted by Gasteiger charge is -2.01. The van der Waals surface area contributed by atoms with Gasteiger partial charge in [-0.3, -0.25) is 0 Å². The Balaban J connectivity index is 1.83. The van der Waals surface area contributed by atoms with E-state index in [1.54, 1.807) is 11.0 Å². The first-order chi connectivity index (χ1) is 8.90. The number of alkyl halides is 1. The molecule has 4 nitrogen and oxygen atoms in total. The molecule has 0 amide bonds. The molecular weight excluding hydrogens is 250 g/mol. The second-order valence-electron chi connectivity index (χ2n) is 3.91. The van der Waals surface area contributed by atoms with Gasteiger partial charge in [-0.2, -0.15) is 4.98 Å². The fourth-order valence-corrected chi connectivity index (χ4v) is 1.74. The maximum absolute atomic E-state index is 5.60. The zero-order valence-corrected chi connectivity index (χ0v) is 10.9. The third kappa shape index (κ3) is 3.74. The summed E-state index contributed by atoms with van der Waals surface area (Å²) < 4.78 is 7.17. The summed E-state index contributed by atoms with van der Waals surface area (Å²) in [7, 11) is 0. The number of rotatable bonds is 7. The fourth-order valence-electron chi connectivity index (χ4n) is 1.56. The molecule has 0 saturated carbocycles. The molecule has 2 rings (SSSR count). The fraction of sp³-hybridized carbons (Fsp3) is 0.385. The van der Waals surface area contributed by atoms with Crippen molar-refractivity contribution in [3.05, 3.63) is 36.7 Å². The van der Waals surface area contributed by atoms with Gasteiger partial charge < -0.3 is 4.74 Å². The molecule has 0 fully saturated rings. The highest BCUT2D eigenvalue weighted by atomic mass is 35.5. The van der Waals surface area contributed by atoms with Crippen molar-refractivity contribution in [1.82, 2.24) is 14.8 Å². The topological polar surface area (TPSA) is 39.9 Å². The minimum Gasteiger partial charge on any atom is -0.462 e. The van der Waals surface area contributed by atoms with Crippen molar-refractivity contribution in [1.29, 1.82) is 0 Å². The SMILES string of the molecule is ClCCCCCOc1ncn(-c2ccccc2)n1. The first kappa shape index (κ1) is 12.9. The molecule has 2 aromatic rings. The number of nitrogens with zero attached hydrogens (tertiary/aromatic N) is 3. The molecule has 1 heterocycles. The van der Waals surface area contributed by atoms with E-state index in [0.29, 0.717) is 18.5 Å². The van der Waals surface area contributed by atoms with Crippen LogP contribution in [0.4, 0.5) is 0 Å². The van der Waals surface area contributed by atoms with E-state index in [4.69, 9.17) is 16.3 Å². The van der Waals surface area contributed by atoms with Crippen LogP contribution in [0.25, 0.3) is 5.69 Å². The lowest BCUT2D eigenvalue weighted by atomic mass is 10.3. The Morgan fingerprint density at radius 2 is 1.94 bits per heavy atom. The van der Waals surface area contributed by atoms with Gasteiger partial charge in [0, 0.05) is 5.88 Å². The molecular formula is C13H16ClN3O. The van der Waals surface area contributed by atoms with E-state index in [2.05, 4.69) is 10.1 Å². The molecule has 0 aliphatic carbocycles. The van der Waals surface area contributed by atoms with Gasteiger partial charge in [-0.15, -0.1) is 16.7 Å². The van der Waals surface area contributed by atoms with E-state index in [9.17, 15) is 0 Å². The van der Waals surface area contributed by atoms with Crippen LogP contribution in [0.1, 0.15) is 19.3 Å². The average molecular weight is 266 g/mol. The number of para-hydroxylation sites is 1. The number of benzene rings is 1. The number of ether oxygens (including phenoxy) is 1. The molecule has 96 valence electrons. The Hall–Kier alpha value is -1.55. The van der Waals surface area contributed by atoms with E-state index in [-0.39, 0.29) is 0 Å². The van der Waals surface area contributed by atoms with Gasteiger partial charge in [-0.25, -0.2) is 4.68 Å². The van der Waals surface area contributed by atoms with Crippen LogP contribution in [0.15, 0.2) is 36.7 Å². The summed E-state index contributed by atoms with van der Waals surface area (Å²) in [6.07, 6.45) is 4.73. The second-order valence-corrected chi connectivity index (χ2v) is 4.28. The monoisotopic (exact) mass is 265 g/mol. The molecule has 0 atom stereocenters. The summed E-state index contributed by atoms with van der Waals surface area (Å²) in [6, 6.07) is 10.3. The summed E-state index contributed by atoms with van der Waals surface area (Å²) in [6.45, 7) is 0.635. The van der Waals surface area contributed by atoms with Gasteiger partial charge in [0.2, 0.25) is 0 Å². The normalized spacial score (nSPS) is 10.5. The zero-order chi connectivity index (χ0) is 12.6. The van der Waals surface area contributed by atoms with Crippen molar-refractivity contribution < 1.29 is 4.74 Å². The van der Waals surface area contributed by atoms with Gasteiger partial charge >= 0.3 is 6.01 Å². The molecule has 0 bridgehead atoms. The largest absolute Gasteiger partial charge is 0.462 e. The highest BCUT2D eigenvalue weighted by Crippen LogP contribution is 2.08. The minimum atomic E-state index is 0.421. The van der Waals surface area contributed by atoms with Crippen LogP contribution in [-0.4, -0.2) is 27.3 Å². The highest BCUT2D eigenvalue weighted by Gasteiger charge is 2.02. The lowest BCUT2D eigenvalue weighted by Crippen LogP contribution is -2.00. The molecule has 0 radical (unpaired) electrons. The predicted molar refractivity (Wildman–Crippen MR) is 71.4 cm³/mol. The highest BCUT2D eigenvalue weighted by molar-refractivity contribution is 6.17. The molecule has 0 aliphatic rings. The van der Waals surface area contributed by atoms with Crippen molar-refractivity contribution in [2.24, 2.45) is 0 Å². The maximum Gasteiger partial charge on any atom is 0.335 e. The van der Waals surface area contributed by atoms with Crippen LogP contribution in [0.5, 0.6) is 6.01 Å². The molecule has 1 aromatic carbocycles. The Morgan fingerprint density at radius 3 is 2.72 bits per heavy atom. The third-order valence-electron chi connectivity index (χ3n) is 2.50. The molecule has 0 saturated heterocycles. The van der Waals surface area contributed by atoms with Crippen molar-refractivity contribution in [3.63, 3.8) is 0 Å². The smallest absolute Gasteiger partial charge is 0.335 e. The van der Waals surface area contributed by atoms with E-state index >= 15 is 0 Å². The summed E-state index contributed by atoms with van der Waals surface area (Å²) in [4.78, 5) is 4.11. The molecule has 18 heavy (non-hydrogen) atoms. The first-order valence-electron chi connectivity index (χ1n) is 6.06. The second kappa shape index (κ2) is 7.01. The Morgan fingerprint density at radius 1 is 1.11 bits per heavy atom. The van der Waals surface area contributed by atoms with E-state index in [1.165, 1.54) is 0 Å². The maximum atomic E-state index is 5.60. The molecule has 0 aliphatic heterocycles. The molecule has 0 spiro atoms. The van der Waals surface area contributed by atoms with Gasteiger partial charge in [0.1, 0.15) is 6.33 Å². The zero-order valence-electron chi connectivity index (χ0n) is 10.1. The third-order valence-corrected chi connectivity index (χ3v) is 2.77. The van der Waals surface area contributed by atoms with Crippen molar-refractivity contribution in [2.45, 2.75) is 19.3 Å². The number of unbranched alkanes of at least 4 members (excludes halogenated alkanes) is 2. The minimum absolute atomic E-state index is 0.421. The van der Waals surface area contributed by atoms with Gasteiger partial charge in [0.15, 0.2) is 0 Å². The van der Waals surface area contributed by atoms with Crippen LogP contribution >= 0.6 is 11.6 Å². The van der Waals surface area contributed by atoms with E-state index in [0.717, 1.165) is 24.9 Å². The van der Waals surface area contributed by atoms with Gasteiger partial charge in [0.25, 0.3) is 0 Å².